The fraction of sp³-hybridized carbons (Fsp3) is 0.385. The van der Waals surface area contributed by atoms with E-state index in [4.69, 9.17) is 11.6 Å². The van der Waals surface area contributed by atoms with Gasteiger partial charge in [-0.2, -0.15) is 11.8 Å². The van der Waals surface area contributed by atoms with Crippen LogP contribution in [-0.4, -0.2) is 48.2 Å². The van der Waals surface area contributed by atoms with E-state index in [0.717, 1.165) is 0 Å². The summed E-state index contributed by atoms with van der Waals surface area (Å²) in [4.78, 5) is 23.3. The van der Waals surface area contributed by atoms with E-state index in [1.54, 1.807) is 0 Å². The van der Waals surface area contributed by atoms with Crippen LogP contribution in [0.25, 0.3) is 0 Å². The molecule has 0 bridgehead atoms. The van der Waals surface area contributed by atoms with Gasteiger partial charge in [-0.1, -0.05) is 11.6 Å². The van der Waals surface area contributed by atoms with E-state index in [1.807, 2.05) is 0 Å². The molecule has 22 heavy (non-hydrogen) atoms. The Labute approximate surface area is 137 Å². The number of carboxylic acids is 1. The van der Waals surface area contributed by atoms with Gasteiger partial charge in [0.2, 0.25) is 5.91 Å². The smallest absolute Gasteiger partial charge is 0.330 e. The summed E-state index contributed by atoms with van der Waals surface area (Å²) in [5.74, 6) is -1.92. The summed E-state index contributed by atoms with van der Waals surface area (Å²) in [7, 11) is -3.84. The van der Waals surface area contributed by atoms with Crippen molar-refractivity contribution in [3.05, 3.63) is 29.3 Å². The number of nitrogens with one attached hydrogen (secondary N) is 1. The highest BCUT2D eigenvalue weighted by molar-refractivity contribution is 7.99. The first-order valence-corrected chi connectivity index (χ1v) is 9.54. The molecule has 0 aliphatic carbocycles. The fourth-order valence-electron chi connectivity index (χ4n) is 2.09. The van der Waals surface area contributed by atoms with Crippen LogP contribution >= 0.6 is 23.4 Å². The first kappa shape index (κ1) is 17.1. The molecule has 1 aromatic carbocycles. The number of aliphatic carboxylic acids is 1. The highest BCUT2D eigenvalue weighted by atomic mass is 35.5. The average molecular weight is 364 g/mol. The molecule has 1 aliphatic heterocycles. The number of halogens is 1. The molecule has 1 unspecified atom stereocenters. The molecule has 1 atom stereocenters. The largest absolute Gasteiger partial charge is 0.479 e. The van der Waals surface area contributed by atoms with Gasteiger partial charge in [0, 0.05) is 10.8 Å². The summed E-state index contributed by atoms with van der Waals surface area (Å²) in [5, 5.41) is 12.0. The Balaban J connectivity index is 2.11. The van der Waals surface area contributed by atoms with Gasteiger partial charge < -0.3 is 10.4 Å². The molecule has 0 spiro atoms. The molecule has 0 radical (unpaired) electrons. The number of sulfone groups is 1. The second kappa shape index (κ2) is 6.47. The molecule has 1 aliphatic rings. The second-order valence-corrected chi connectivity index (χ2v) is 8.48. The van der Waals surface area contributed by atoms with E-state index in [1.165, 1.54) is 36.0 Å². The highest BCUT2D eigenvalue weighted by Crippen LogP contribution is 2.28. The number of amides is 1. The predicted octanol–water partition coefficient (Wildman–Crippen LogP) is 1.19. The quantitative estimate of drug-likeness (QED) is 0.815. The van der Waals surface area contributed by atoms with Gasteiger partial charge in [-0.25, -0.2) is 13.2 Å². The molecule has 2 N–H and O–H groups in total. The Morgan fingerprint density at radius 2 is 1.95 bits per heavy atom. The Kier molecular flexibility index (Phi) is 5.03. The number of hydrogen-bond acceptors (Lipinski definition) is 5. The zero-order chi connectivity index (χ0) is 16.4. The lowest BCUT2D eigenvalue weighted by Gasteiger charge is -2.24. The van der Waals surface area contributed by atoms with E-state index in [9.17, 15) is 23.1 Å². The molecule has 1 aromatic rings. The Hall–Kier alpha value is -1.25. The minimum Gasteiger partial charge on any atom is -0.479 e. The number of thioether (sulfide) groups is 1. The molecule has 120 valence electrons. The van der Waals surface area contributed by atoms with Gasteiger partial charge in [-0.05, 0) is 36.4 Å². The van der Waals surface area contributed by atoms with Crippen molar-refractivity contribution in [3.8, 4) is 0 Å². The van der Waals surface area contributed by atoms with Crippen LogP contribution in [0.5, 0.6) is 0 Å². The maximum Gasteiger partial charge on any atom is 0.330 e. The van der Waals surface area contributed by atoms with E-state index in [-0.39, 0.29) is 17.1 Å². The summed E-state index contributed by atoms with van der Waals surface area (Å²) >= 11 is 7.10. The third kappa shape index (κ3) is 3.74. The molecule has 0 aromatic heterocycles. The van der Waals surface area contributed by atoms with Crippen molar-refractivity contribution in [2.24, 2.45) is 0 Å². The standard InChI is InChI=1S/C13H14ClNO5S2/c14-9-1-3-10(4-2-9)22(19,20)7-11(16)15-13(12(17)18)5-6-21-8-13/h1-4H,5-8H2,(H,15,16)(H,17,18). The maximum absolute atomic E-state index is 12.1. The molecule has 0 saturated carbocycles. The van der Waals surface area contributed by atoms with Crippen molar-refractivity contribution >= 4 is 45.1 Å². The first-order valence-electron chi connectivity index (χ1n) is 6.36. The zero-order valence-electron chi connectivity index (χ0n) is 11.4. The monoisotopic (exact) mass is 363 g/mol. The van der Waals surface area contributed by atoms with Crippen molar-refractivity contribution in [1.29, 1.82) is 0 Å². The topological polar surface area (TPSA) is 101 Å². The van der Waals surface area contributed by atoms with Crippen LogP contribution in [-0.2, 0) is 19.4 Å². The minimum absolute atomic E-state index is 0.0304. The molecule has 1 heterocycles. The number of carboxylic acid groups (broad SMARTS) is 1. The normalized spacial score (nSPS) is 21.5. The Bertz CT molecular complexity index is 681. The molecule has 1 amide bonds. The van der Waals surface area contributed by atoms with Crippen molar-refractivity contribution in [2.75, 3.05) is 17.3 Å². The van der Waals surface area contributed by atoms with E-state index in [2.05, 4.69) is 5.32 Å². The molecule has 9 heteroatoms. The zero-order valence-corrected chi connectivity index (χ0v) is 13.8. The van der Waals surface area contributed by atoms with Crippen LogP contribution in [0, 0.1) is 0 Å². The molecule has 1 fully saturated rings. The molecular weight excluding hydrogens is 350 g/mol. The second-order valence-electron chi connectivity index (χ2n) is 4.95. The third-order valence-corrected chi connectivity index (χ3v) is 6.38. The van der Waals surface area contributed by atoms with Crippen molar-refractivity contribution < 1.29 is 23.1 Å². The third-order valence-electron chi connectivity index (χ3n) is 3.30. The lowest BCUT2D eigenvalue weighted by molar-refractivity contribution is -0.146. The van der Waals surface area contributed by atoms with E-state index >= 15 is 0 Å². The maximum atomic E-state index is 12.1. The summed E-state index contributed by atoms with van der Waals surface area (Å²) in [6, 6.07) is 5.45. The van der Waals surface area contributed by atoms with Gasteiger partial charge in [0.15, 0.2) is 9.84 Å². The lowest BCUT2D eigenvalue weighted by atomic mass is 9.99. The van der Waals surface area contributed by atoms with Gasteiger partial charge in [0.05, 0.1) is 4.90 Å². The Morgan fingerprint density at radius 3 is 2.45 bits per heavy atom. The summed E-state index contributed by atoms with van der Waals surface area (Å²) in [6.45, 7) is 0. The van der Waals surface area contributed by atoms with Crippen molar-refractivity contribution in [1.82, 2.24) is 5.32 Å². The lowest BCUT2D eigenvalue weighted by Crippen LogP contribution is -2.56. The Morgan fingerprint density at radius 1 is 1.32 bits per heavy atom. The minimum atomic E-state index is -3.84. The van der Waals surface area contributed by atoms with Crippen LogP contribution in [0.1, 0.15) is 6.42 Å². The number of carbonyl (C=O) groups is 2. The number of benzene rings is 1. The van der Waals surface area contributed by atoms with Gasteiger partial charge >= 0.3 is 5.97 Å². The van der Waals surface area contributed by atoms with Crippen molar-refractivity contribution in [3.63, 3.8) is 0 Å². The predicted molar refractivity (Wildman–Crippen MR) is 84.0 cm³/mol. The molecular formula is C13H14ClNO5S2. The van der Waals surface area contributed by atoms with Crippen LogP contribution < -0.4 is 5.32 Å². The van der Waals surface area contributed by atoms with E-state index in [0.29, 0.717) is 10.8 Å². The fourth-order valence-corrected chi connectivity index (χ4v) is 4.67. The average Bonchev–Trinajstić information content (AvgIpc) is 2.88. The first-order chi connectivity index (χ1) is 10.3. The summed E-state index contributed by atoms with van der Waals surface area (Å²) in [6.07, 6.45) is 0.278. The molecule has 1 saturated heterocycles. The van der Waals surface area contributed by atoms with Gasteiger partial charge in [-0.15, -0.1) is 0 Å². The van der Waals surface area contributed by atoms with Crippen LogP contribution in [0.3, 0.4) is 0 Å². The summed E-state index contributed by atoms with van der Waals surface area (Å²) in [5.41, 5.74) is -1.38. The van der Waals surface area contributed by atoms with Crippen molar-refractivity contribution in [2.45, 2.75) is 16.9 Å². The van der Waals surface area contributed by atoms with Crippen LogP contribution in [0.2, 0.25) is 5.02 Å². The molecule has 2 rings (SSSR count). The van der Waals surface area contributed by atoms with Crippen LogP contribution in [0.4, 0.5) is 0 Å². The summed E-state index contributed by atoms with van der Waals surface area (Å²) < 4.78 is 24.3. The number of carbonyl (C=O) groups excluding carboxylic acids is 1. The number of hydrogen-bond donors (Lipinski definition) is 2. The van der Waals surface area contributed by atoms with Gasteiger partial charge in [0.25, 0.3) is 0 Å². The number of rotatable bonds is 5. The van der Waals surface area contributed by atoms with Gasteiger partial charge in [0.1, 0.15) is 11.3 Å². The van der Waals surface area contributed by atoms with Crippen LogP contribution in [0.15, 0.2) is 29.2 Å². The molecule has 6 nitrogen and oxygen atoms in total. The van der Waals surface area contributed by atoms with E-state index < -0.39 is 33.0 Å². The highest BCUT2D eigenvalue weighted by Gasteiger charge is 2.43. The van der Waals surface area contributed by atoms with Gasteiger partial charge in [-0.3, -0.25) is 4.79 Å². The SMILES string of the molecule is O=C(CS(=O)(=O)c1ccc(Cl)cc1)NC1(C(=O)O)CCSC1.